The third-order valence-electron chi connectivity index (χ3n) is 5.77. The number of nitrogens with two attached hydrogens (primary N) is 1. The lowest BCUT2D eigenvalue weighted by Crippen LogP contribution is -2.41. The second kappa shape index (κ2) is 10.4. The summed E-state index contributed by atoms with van der Waals surface area (Å²) in [6.07, 6.45) is 2.47. The van der Waals surface area contributed by atoms with E-state index in [0.29, 0.717) is 36.6 Å². The van der Waals surface area contributed by atoms with Crippen LogP contribution in [0.25, 0.3) is 0 Å². The van der Waals surface area contributed by atoms with Crippen molar-refractivity contribution in [2.24, 2.45) is 5.73 Å². The van der Waals surface area contributed by atoms with Gasteiger partial charge in [0.1, 0.15) is 5.82 Å². The molecule has 0 atom stereocenters. The molecule has 0 unspecified atom stereocenters. The van der Waals surface area contributed by atoms with Gasteiger partial charge in [0, 0.05) is 30.9 Å². The largest absolute Gasteiger partial charge is 0.338 e. The first-order valence-electron chi connectivity index (χ1n) is 11.3. The molecule has 3 amide bonds. The predicted octanol–water partition coefficient (Wildman–Crippen LogP) is 4.98. The molecule has 1 fully saturated rings. The Balaban J connectivity index is 1.53. The molecular formula is C26H28FN5O2. The molecule has 4 rings (SSSR count). The molecule has 0 bridgehead atoms. The summed E-state index contributed by atoms with van der Waals surface area (Å²) in [5.41, 5.74) is 13.1. The van der Waals surface area contributed by atoms with Gasteiger partial charge in [-0.25, -0.2) is 14.6 Å². The number of urea groups is 1. The molecular weight excluding hydrogens is 433 g/mol. The molecule has 0 radical (unpaired) electrons. The minimum atomic E-state index is -0.469. The van der Waals surface area contributed by atoms with E-state index in [1.54, 1.807) is 23.2 Å². The van der Waals surface area contributed by atoms with Crippen molar-refractivity contribution in [1.29, 1.82) is 0 Å². The third-order valence-corrected chi connectivity index (χ3v) is 5.77. The highest BCUT2D eigenvalue weighted by molar-refractivity contribution is 5.96. The van der Waals surface area contributed by atoms with Gasteiger partial charge in [0.15, 0.2) is 0 Å². The summed E-state index contributed by atoms with van der Waals surface area (Å²) in [4.78, 5) is 27.0. The van der Waals surface area contributed by atoms with Gasteiger partial charge in [-0.05, 0) is 85.5 Å². The summed E-state index contributed by atoms with van der Waals surface area (Å²) in [5.74, 6) is -0.242. The van der Waals surface area contributed by atoms with Crippen LogP contribution in [-0.2, 0) is 11.3 Å². The van der Waals surface area contributed by atoms with E-state index >= 15 is 0 Å². The fourth-order valence-electron chi connectivity index (χ4n) is 4.05. The van der Waals surface area contributed by atoms with Crippen LogP contribution < -0.4 is 26.4 Å². The number of hydrazine groups is 1. The summed E-state index contributed by atoms with van der Waals surface area (Å²) >= 11 is 0. The molecule has 0 spiro atoms. The van der Waals surface area contributed by atoms with Crippen LogP contribution in [0.3, 0.4) is 0 Å². The zero-order chi connectivity index (χ0) is 24.1. The Morgan fingerprint density at radius 3 is 2.56 bits per heavy atom. The van der Waals surface area contributed by atoms with Crippen molar-refractivity contribution >= 4 is 34.7 Å². The highest BCUT2D eigenvalue weighted by Crippen LogP contribution is 2.28. The molecule has 4 N–H and O–H groups in total. The molecule has 1 aliphatic heterocycles. The monoisotopic (exact) mass is 461 g/mol. The highest BCUT2D eigenvalue weighted by atomic mass is 19.1. The van der Waals surface area contributed by atoms with E-state index in [0.717, 1.165) is 29.7 Å². The van der Waals surface area contributed by atoms with Crippen molar-refractivity contribution < 1.29 is 14.0 Å². The average molecular weight is 462 g/mol. The first-order chi connectivity index (χ1) is 16.4. The van der Waals surface area contributed by atoms with Gasteiger partial charge >= 0.3 is 6.03 Å². The molecule has 176 valence electrons. The summed E-state index contributed by atoms with van der Waals surface area (Å²) in [5, 5.41) is 4.41. The van der Waals surface area contributed by atoms with Gasteiger partial charge in [-0.3, -0.25) is 9.80 Å². The lowest BCUT2D eigenvalue weighted by atomic mass is 10.1. The van der Waals surface area contributed by atoms with Gasteiger partial charge in [0.05, 0.1) is 11.4 Å². The Labute approximate surface area is 198 Å². The maximum absolute atomic E-state index is 13.5. The zero-order valence-electron chi connectivity index (χ0n) is 19.1. The Kier molecular flexibility index (Phi) is 7.08. The summed E-state index contributed by atoms with van der Waals surface area (Å²) in [6.45, 7) is 2.98. The van der Waals surface area contributed by atoms with Crippen LogP contribution in [0.2, 0.25) is 0 Å². The van der Waals surface area contributed by atoms with Crippen LogP contribution in [0.5, 0.6) is 0 Å². The number of rotatable bonds is 6. The average Bonchev–Trinajstić information content (AvgIpc) is 2.84. The minimum absolute atomic E-state index is 0.127. The van der Waals surface area contributed by atoms with Gasteiger partial charge in [-0.15, -0.1) is 0 Å². The first kappa shape index (κ1) is 23.3. The Hall–Kier alpha value is -3.91. The topological polar surface area (TPSA) is 90.7 Å². The number of carbonyl (C=O) groups is 2. The Morgan fingerprint density at radius 1 is 1.06 bits per heavy atom. The molecule has 1 saturated heterocycles. The standard InChI is InChI=1S/C26H28FN5O2/c1-18-15-21(10-13-24(18)31-14-3-2-7-25(31)33)29-26(34)30-32(22-11-8-20(27)9-12-22)23-6-4-5-19(16-23)17-28/h4-6,8-13,15-16H,2-3,7,14,17,28H2,1H3,(H2,29,30,34). The molecule has 3 aromatic carbocycles. The quantitative estimate of drug-likeness (QED) is 0.452. The number of hydrogen-bond donors (Lipinski definition) is 3. The van der Waals surface area contributed by atoms with Crippen molar-refractivity contribution in [2.45, 2.75) is 32.7 Å². The van der Waals surface area contributed by atoms with Crippen molar-refractivity contribution in [3.05, 3.63) is 83.7 Å². The minimum Gasteiger partial charge on any atom is -0.326 e. The number of aryl methyl sites for hydroxylation is 1. The fraction of sp³-hybridized carbons (Fsp3) is 0.231. The molecule has 7 nitrogen and oxygen atoms in total. The number of anilines is 4. The summed E-state index contributed by atoms with van der Waals surface area (Å²) in [6, 6.07) is 18.3. The van der Waals surface area contributed by atoms with Crippen LogP contribution in [0, 0.1) is 12.7 Å². The molecule has 8 heteroatoms. The van der Waals surface area contributed by atoms with E-state index in [2.05, 4.69) is 10.7 Å². The number of carbonyl (C=O) groups excluding carboxylic acids is 2. The van der Waals surface area contributed by atoms with Gasteiger partial charge in [0.25, 0.3) is 0 Å². The van der Waals surface area contributed by atoms with Gasteiger partial charge in [0.2, 0.25) is 5.91 Å². The molecule has 0 aliphatic carbocycles. The SMILES string of the molecule is Cc1cc(NC(=O)NN(c2ccc(F)cc2)c2cccc(CN)c2)ccc1N1CCCCC1=O. The van der Waals surface area contributed by atoms with Crippen LogP contribution in [0.15, 0.2) is 66.7 Å². The van der Waals surface area contributed by atoms with Gasteiger partial charge in [-0.1, -0.05) is 12.1 Å². The number of nitrogens with zero attached hydrogens (tertiary/aromatic N) is 2. The zero-order valence-corrected chi connectivity index (χ0v) is 19.1. The third kappa shape index (κ3) is 5.35. The van der Waals surface area contributed by atoms with Crippen molar-refractivity contribution in [1.82, 2.24) is 5.43 Å². The van der Waals surface area contributed by atoms with E-state index in [4.69, 9.17) is 5.73 Å². The molecule has 1 aliphatic rings. The van der Waals surface area contributed by atoms with Crippen molar-refractivity contribution in [3.63, 3.8) is 0 Å². The molecule has 0 aromatic heterocycles. The van der Waals surface area contributed by atoms with E-state index in [9.17, 15) is 14.0 Å². The predicted molar refractivity (Wildman–Crippen MR) is 132 cm³/mol. The number of hydrogen-bond acceptors (Lipinski definition) is 4. The Bertz CT molecular complexity index is 1180. The fourth-order valence-corrected chi connectivity index (χ4v) is 4.05. The van der Waals surface area contributed by atoms with Crippen molar-refractivity contribution in [3.8, 4) is 0 Å². The van der Waals surface area contributed by atoms with Crippen molar-refractivity contribution in [2.75, 3.05) is 21.8 Å². The normalized spacial score (nSPS) is 13.5. The van der Waals surface area contributed by atoms with E-state index in [-0.39, 0.29) is 11.7 Å². The smallest absolute Gasteiger partial charge is 0.326 e. The van der Waals surface area contributed by atoms with Crippen LogP contribution >= 0.6 is 0 Å². The molecule has 34 heavy (non-hydrogen) atoms. The second-order valence-electron chi connectivity index (χ2n) is 8.26. The van der Waals surface area contributed by atoms with E-state index < -0.39 is 6.03 Å². The number of halogens is 1. The van der Waals surface area contributed by atoms with Gasteiger partial charge < -0.3 is 16.0 Å². The number of nitrogens with one attached hydrogen (secondary N) is 2. The number of benzene rings is 3. The lowest BCUT2D eigenvalue weighted by molar-refractivity contribution is -0.119. The molecule has 0 saturated carbocycles. The number of amides is 3. The van der Waals surface area contributed by atoms with Crippen LogP contribution in [-0.4, -0.2) is 18.5 Å². The van der Waals surface area contributed by atoms with Crippen LogP contribution in [0.1, 0.15) is 30.4 Å². The summed E-state index contributed by atoms with van der Waals surface area (Å²) < 4.78 is 13.5. The highest BCUT2D eigenvalue weighted by Gasteiger charge is 2.21. The Morgan fingerprint density at radius 2 is 1.85 bits per heavy atom. The molecule has 3 aromatic rings. The van der Waals surface area contributed by atoms with E-state index in [1.807, 2.05) is 48.2 Å². The maximum atomic E-state index is 13.5. The first-order valence-corrected chi connectivity index (χ1v) is 11.3. The van der Waals surface area contributed by atoms with E-state index in [1.165, 1.54) is 12.1 Å². The lowest BCUT2D eigenvalue weighted by Gasteiger charge is -2.28. The number of piperidine rings is 1. The summed E-state index contributed by atoms with van der Waals surface area (Å²) in [7, 11) is 0. The van der Waals surface area contributed by atoms with Gasteiger partial charge in [-0.2, -0.15) is 0 Å². The second-order valence-corrected chi connectivity index (χ2v) is 8.26. The molecule has 1 heterocycles. The maximum Gasteiger partial charge on any atom is 0.338 e. The van der Waals surface area contributed by atoms with Crippen LogP contribution in [0.4, 0.5) is 31.9 Å².